The first-order valence-electron chi connectivity index (χ1n) is 4.98. The third kappa shape index (κ3) is 2.73. The van der Waals surface area contributed by atoms with E-state index in [1.807, 2.05) is 6.92 Å². The second-order valence-corrected chi connectivity index (χ2v) is 4.11. The summed E-state index contributed by atoms with van der Waals surface area (Å²) in [5, 5.41) is 3.31. The molecule has 0 aliphatic rings. The molecule has 0 spiro atoms. The van der Waals surface area contributed by atoms with Crippen LogP contribution in [0.5, 0.6) is 0 Å². The van der Waals surface area contributed by atoms with Gasteiger partial charge in [0.05, 0.1) is 0 Å². The maximum Gasteiger partial charge on any atom is 0.171 e. The molecule has 2 aromatic rings. The molecule has 17 heavy (non-hydrogen) atoms. The van der Waals surface area contributed by atoms with Gasteiger partial charge in [-0.1, -0.05) is 0 Å². The van der Waals surface area contributed by atoms with E-state index >= 15 is 0 Å². The van der Waals surface area contributed by atoms with Gasteiger partial charge in [0.1, 0.15) is 5.03 Å². The van der Waals surface area contributed by atoms with Crippen molar-refractivity contribution in [2.45, 2.75) is 17.1 Å². The van der Waals surface area contributed by atoms with Crippen LogP contribution >= 0.6 is 11.8 Å². The summed E-state index contributed by atoms with van der Waals surface area (Å²) >= 11 is 1.01. The van der Waals surface area contributed by atoms with E-state index < -0.39 is 11.6 Å². The number of anilines is 1. The van der Waals surface area contributed by atoms with Crippen LogP contribution in [-0.2, 0) is 0 Å². The van der Waals surface area contributed by atoms with Crippen molar-refractivity contribution in [1.82, 2.24) is 15.0 Å². The Morgan fingerprint density at radius 2 is 2.24 bits per heavy atom. The van der Waals surface area contributed by atoms with E-state index in [0.29, 0.717) is 11.7 Å². The highest BCUT2D eigenvalue weighted by Gasteiger charge is 2.13. The number of nitrogens with one attached hydrogen (secondary N) is 2. The number of imidazole rings is 1. The molecule has 7 heteroatoms. The number of nitrogens with zero attached hydrogens (tertiary/aromatic N) is 2. The average Bonchev–Trinajstić information content (AvgIpc) is 2.78. The van der Waals surface area contributed by atoms with Crippen molar-refractivity contribution in [2.75, 3.05) is 11.9 Å². The Kier molecular flexibility index (Phi) is 3.58. The van der Waals surface area contributed by atoms with Gasteiger partial charge >= 0.3 is 0 Å². The first-order valence-corrected chi connectivity index (χ1v) is 5.79. The first-order chi connectivity index (χ1) is 8.20. The van der Waals surface area contributed by atoms with Gasteiger partial charge in [-0.2, -0.15) is 0 Å². The fourth-order valence-electron chi connectivity index (χ4n) is 1.21. The van der Waals surface area contributed by atoms with Gasteiger partial charge in [0.15, 0.2) is 22.6 Å². The van der Waals surface area contributed by atoms with Crippen molar-refractivity contribution >= 4 is 17.6 Å². The van der Waals surface area contributed by atoms with Crippen LogP contribution < -0.4 is 5.32 Å². The zero-order valence-electron chi connectivity index (χ0n) is 9.00. The number of aromatic amines is 1. The zero-order chi connectivity index (χ0) is 12.3. The normalized spacial score (nSPS) is 10.5. The molecule has 0 radical (unpaired) electrons. The molecule has 2 N–H and O–H groups in total. The number of pyridine rings is 1. The van der Waals surface area contributed by atoms with Crippen LogP contribution in [0.1, 0.15) is 6.92 Å². The quantitative estimate of drug-likeness (QED) is 0.883. The number of hydrogen-bond acceptors (Lipinski definition) is 4. The molecule has 2 aromatic heterocycles. The minimum atomic E-state index is -0.703. The molecule has 0 saturated carbocycles. The second kappa shape index (κ2) is 5.13. The number of H-pyrrole nitrogens is 1. The van der Waals surface area contributed by atoms with E-state index in [-0.39, 0.29) is 10.8 Å². The number of hydrogen-bond donors (Lipinski definition) is 2. The van der Waals surface area contributed by atoms with Crippen LogP contribution in [0.4, 0.5) is 14.6 Å². The van der Waals surface area contributed by atoms with Gasteiger partial charge in [-0.05, 0) is 18.7 Å². The first kappa shape index (κ1) is 11.8. The van der Waals surface area contributed by atoms with Crippen molar-refractivity contribution in [3.63, 3.8) is 0 Å². The van der Waals surface area contributed by atoms with E-state index in [2.05, 4.69) is 20.3 Å². The summed E-state index contributed by atoms with van der Waals surface area (Å²) in [4.78, 5) is 10.6. The topological polar surface area (TPSA) is 53.6 Å². The maximum atomic E-state index is 13.5. The smallest absolute Gasteiger partial charge is 0.171 e. The van der Waals surface area contributed by atoms with Gasteiger partial charge in [0.2, 0.25) is 0 Å². The predicted molar refractivity (Wildman–Crippen MR) is 61.0 cm³/mol. The minimum absolute atomic E-state index is 0.0444. The summed E-state index contributed by atoms with van der Waals surface area (Å²) in [6.07, 6.45) is 3.17. The van der Waals surface area contributed by atoms with Crippen LogP contribution in [0.15, 0.2) is 28.6 Å². The molecule has 4 nitrogen and oxygen atoms in total. The van der Waals surface area contributed by atoms with Gasteiger partial charge in [-0.3, -0.25) is 0 Å². The van der Waals surface area contributed by atoms with Crippen molar-refractivity contribution in [3.8, 4) is 0 Å². The Morgan fingerprint density at radius 1 is 1.41 bits per heavy atom. The zero-order valence-corrected chi connectivity index (χ0v) is 9.81. The van der Waals surface area contributed by atoms with Gasteiger partial charge < -0.3 is 10.3 Å². The van der Waals surface area contributed by atoms with E-state index in [1.54, 1.807) is 12.4 Å². The highest BCUT2D eigenvalue weighted by Crippen LogP contribution is 2.27. The van der Waals surface area contributed by atoms with Gasteiger partial charge in [0, 0.05) is 25.0 Å². The van der Waals surface area contributed by atoms with Crippen molar-refractivity contribution in [2.24, 2.45) is 0 Å². The summed E-state index contributed by atoms with van der Waals surface area (Å²) in [7, 11) is 0. The number of aromatic nitrogens is 3. The summed E-state index contributed by atoms with van der Waals surface area (Å²) in [5.41, 5.74) is 0. The lowest BCUT2D eigenvalue weighted by molar-refractivity contribution is 0.551. The predicted octanol–water partition coefficient (Wildman–Crippen LogP) is 2.67. The Balaban J connectivity index is 2.29. The van der Waals surface area contributed by atoms with Crippen molar-refractivity contribution in [3.05, 3.63) is 30.1 Å². The Labute approximate surface area is 101 Å². The molecule has 0 atom stereocenters. The maximum absolute atomic E-state index is 13.5. The summed E-state index contributed by atoms with van der Waals surface area (Å²) in [6.45, 7) is 2.32. The Morgan fingerprint density at radius 3 is 2.88 bits per heavy atom. The molecule has 0 saturated heterocycles. The van der Waals surface area contributed by atoms with Crippen LogP contribution in [-0.4, -0.2) is 21.5 Å². The Hall–Kier alpha value is -1.63. The van der Waals surface area contributed by atoms with Gasteiger partial charge in [-0.15, -0.1) is 0 Å². The monoisotopic (exact) mass is 256 g/mol. The second-order valence-electron chi connectivity index (χ2n) is 3.13. The van der Waals surface area contributed by atoms with Crippen molar-refractivity contribution < 1.29 is 8.78 Å². The van der Waals surface area contributed by atoms with Crippen LogP contribution in [0.3, 0.4) is 0 Å². The van der Waals surface area contributed by atoms with Crippen LogP contribution in [0.25, 0.3) is 0 Å². The molecule has 0 aromatic carbocycles. The van der Waals surface area contributed by atoms with Gasteiger partial charge in [-0.25, -0.2) is 18.7 Å². The standard InChI is InChI=1S/C10H10F2N4S/c1-2-13-8-6(11)5-7(12)9(16-8)17-10-14-3-4-15-10/h3-5H,2H2,1H3,(H,13,16)(H,14,15). The fourth-order valence-corrected chi connectivity index (χ4v) is 1.93. The third-order valence-electron chi connectivity index (χ3n) is 1.91. The van der Waals surface area contributed by atoms with Crippen molar-refractivity contribution in [1.29, 1.82) is 0 Å². The largest absolute Gasteiger partial charge is 0.368 e. The molecule has 90 valence electrons. The third-order valence-corrected chi connectivity index (χ3v) is 2.80. The molecule has 0 bridgehead atoms. The lowest BCUT2D eigenvalue weighted by Crippen LogP contribution is -2.04. The molecule has 2 heterocycles. The van der Waals surface area contributed by atoms with Gasteiger partial charge in [0.25, 0.3) is 0 Å². The molecular weight excluding hydrogens is 246 g/mol. The van der Waals surface area contributed by atoms with E-state index in [9.17, 15) is 8.78 Å². The highest BCUT2D eigenvalue weighted by molar-refractivity contribution is 7.99. The van der Waals surface area contributed by atoms with Crippen LogP contribution in [0, 0.1) is 11.6 Å². The Bertz CT molecular complexity index is 501. The summed E-state index contributed by atoms with van der Waals surface area (Å²) in [5.74, 6) is -1.36. The average molecular weight is 256 g/mol. The molecule has 0 fully saturated rings. The number of rotatable bonds is 4. The minimum Gasteiger partial charge on any atom is -0.368 e. The molecular formula is C10H10F2N4S. The molecule has 0 unspecified atom stereocenters. The van der Waals surface area contributed by atoms with E-state index in [4.69, 9.17) is 0 Å². The lowest BCUT2D eigenvalue weighted by Gasteiger charge is -2.06. The fraction of sp³-hybridized carbons (Fsp3) is 0.200. The molecule has 0 aliphatic carbocycles. The molecule has 2 rings (SSSR count). The van der Waals surface area contributed by atoms with Crippen LogP contribution in [0.2, 0.25) is 0 Å². The summed E-state index contributed by atoms with van der Waals surface area (Å²) < 4.78 is 26.8. The number of halogens is 2. The lowest BCUT2D eigenvalue weighted by atomic mass is 10.4. The summed E-state index contributed by atoms with van der Waals surface area (Å²) in [6, 6.07) is 0.816. The van der Waals surface area contributed by atoms with E-state index in [0.717, 1.165) is 17.8 Å². The molecule has 0 amide bonds. The highest BCUT2D eigenvalue weighted by atomic mass is 32.2. The SMILES string of the molecule is CCNc1nc(Sc2ncc[nH]2)c(F)cc1F. The van der Waals surface area contributed by atoms with E-state index in [1.165, 1.54) is 0 Å². The molecule has 0 aliphatic heterocycles.